The topological polar surface area (TPSA) is 55.4 Å². The van der Waals surface area contributed by atoms with Gasteiger partial charge < -0.3 is 4.74 Å². The fourth-order valence-corrected chi connectivity index (χ4v) is 3.51. The minimum absolute atomic E-state index is 0.0422. The van der Waals surface area contributed by atoms with Crippen molar-refractivity contribution in [2.45, 2.75) is 24.2 Å². The molecular weight excluding hydrogens is 269 g/mol. The molecular formula is C13H18FNO3S. The van der Waals surface area contributed by atoms with E-state index in [1.807, 2.05) is 0 Å². The van der Waals surface area contributed by atoms with E-state index >= 15 is 0 Å². The van der Waals surface area contributed by atoms with Crippen LogP contribution < -0.4 is 4.72 Å². The molecule has 1 aromatic carbocycles. The van der Waals surface area contributed by atoms with Gasteiger partial charge in [0.15, 0.2) is 0 Å². The fraction of sp³-hybridized carbons (Fsp3) is 0.538. The van der Waals surface area contributed by atoms with Gasteiger partial charge in [0, 0.05) is 19.1 Å². The van der Waals surface area contributed by atoms with E-state index < -0.39 is 15.8 Å². The Labute approximate surface area is 113 Å². The Morgan fingerprint density at radius 1 is 1.42 bits per heavy atom. The van der Waals surface area contributed by atoms with Gasteiger partial charge in [0.1, 0.15) is 5.82 Å². The zero-order chi connectivity index (χ0) is 13.9. The molecule has 1 saturated carbocycles. The second kappa shape index (κ2) is 5.56. The third-order valence-electron chi connectivity index (χ3n) is 3.61. The van der Waals surface area contributed by atoms with Crippen molar-refractivity contribution < 1.29 is 17.5 Å². The molecule has 2 rings (SSSR count). The highest BCUT2D eigenvalue weighted by Gasteiger charge is 2.38. The molecule has 0 unspecified atom stereocenters. The van der Waals surface area contributed by atoms with Gasteiger partial charge in [0.2, 0.25) is 10.0 Å². The average molecular weight is 287 g/mol. The maximum Gasteiger partial charge on any atom is 0.240 e. The van der Waals surface area contributed by atoms with Crippen LogP contribution in [-0.2, 0) is 14.8 Å². The van der Waals surface area contributed by atoms with Crippen LogP contribution in [0.1, 0.15) is 19.3 Å². The second-order valence-electron chi connectivity index (χ2n) is 5.07. The van der Waals surface area contributed by atoms with E-state index in [4.69, 9.17) is 4.74 Å². The highest BCUT2D eigenvalue weighted by Crippen LogP contribution is 2.40. The van der Waals surface area contributed by atoms with E-state index in [0.717, 1.165) is 25.3 Å². The summed E-state index contributed by atoms with van der Waals surface area (Å²) in [7, 11) is -2.04. The molecule has 0 aliphatic heterocycles. The van der Waals surface area contributed by atoms with Gasteiger partial charge in [-0.3, -0.25) is 0 Å². The lowest BCUT2D eigenvalue weighted by Crippen LogP contribution is -2.45. The average Bonchev–Trinajstić information content (AvgIpc) is 2.32. The summed E-state index contributed by atoms with van der Waals surface area (Å²) in [6.07, 6.45) is 2.99. The van der Waals surface area contributed by atoms with Crippen LogP contribution in [0, 0.1) is 11.2 Å². The van der Waals surface area contributed by atoms with Crippen LogP contribution in [-0.4, -0.2) is 28.7 Å². The Bertz CT molecular complexity index is 541. The number of nitrogens with one attached hydrogen (secondary N) is 1. The van der Waals surface area contributed by atoms with Gasteiger partial charge in [0.05, 0.1) is 11.5 Å². The quantitative estimate of drug-likeness (QED) is 0.869. The first-order valence-electron chi connectivity index (χ1n) is 6.22. The molecule has 0 aromatic heterocycles. The van der Waals surface area contributed by atoms with Crippen molar-refractivity contribution in [3.63, 3.8) is 0 Å². The number of benzene rings is 1. The Balaban J connectivity index is 2.05. The molecule has 0 spiro atoms. The maximum atomic E-state index is 13.1. The van der Waals surface area contributed by atoms with Gasteiger partial charge in [-0.05, 0) is 31.0 Å². The molecule has 0 heterocycles. The lowest BCUT2D eigenvalue weighted by Gasteiger charge is -2.41. The van der Waals surface area contributed by atoms with Crippen molar-refractivity contribution in [2.24, 2.45) is 5.41 Å². The molecule has 106 valence electrons. The minimum Gasteiger partial charge on any atom is -0.384 e. The summed E-state index contributed by atoms with van der Waals surface area (Å²) in [5.41, 5.74) is -0.102. The van der Waals surface area contributed by atoms with Crippen molar-refractivity contribution >= 4 is 10.0 Å². The molecule has 1 aliphatic rings. The van der Waals surface area contributed by atoms with Gasteiger partial charge in [-0.25, -0.2) is 17.5 Å². The lowest BCUT2D eigenvalue weighted by atomic mass is 9.69. The zero-order valence-electron chi connectivity index (χ0n) is 10.9. The molecule has 4 nitrogen and oxygen atoms in total. The Hall–Kier alpha value is -0.980. The van der Waals surface area contributed by atoms with E-state index in [1.54, 1.807) is 7.11 Å². The number of halogens is 1. The summed E-state index contributed by atoms with van der Waals surface area (Å²) in [5.74, 6) is -0.557. The van der Waals surface area contributed by atoms with Gasteiger partial charge in [-0.15, -0.1) is 0 Å². The van der Waals surface area contributed by atoms with Crippen LogP contribution in [0.15, 0.2) is 29.2 Å². The van der Waals surface area contributed by atoms with E-state index in [9.17, 15) is 12.8 Å². The van der Waals surface area contributed by atoms with Crippen molar-refractivity contribution in [2.75, 3.05) is 20.3 Å². The first-order chi connectivity index (χ1) is 8.97. The SMILES string of the molecule is COCC1(CNS(=O)(=O)c2cccc(F)c2)CCC1. The van der Waals surface area contributed by atoms with E-state index in [0.29, 0.717) is 13.2 Å². The van der Waals surface area contributed by atoms with Gasteiger partial charge in [-0.1, -0.05) is 12.5 Å². The van der Waals surface area contributed by atoms with Crippen molar-refractivity contribution in [3.05, 3.63) is 30.1 Å². The van der Waals surface area contributed by atoms with E-state index in [-0.39, 0.29) is 10.3 Å². The number of rotatable bonds is 6. The molecule has 19 heavy (non-hydrogen) atoms. The van der Waals surface area contributed by atoms with Crippen LogP contribution >= 0.6 is 0 Å². The van der Waals surface area contributed by atoms with Crippen LogP contribution in [0.4, 0.5) is 4.39 Å². The molecule has 0 bridgehead atoms. The summed E-state index contributed by atoms with van der Waals surface area (Å²) < 4.78 is 44.9. The predicted octanol–water partition coefficient (Wildman–Crippen LogP) is 1.92. The van der Waals surface area contributed by atoms with Crippen LogP contribution in [0.25, 0.3) is 0 Å². The smallest absolute Gasteiger partial charge is 0.240 e. The monoisotopic (exact) mass is 287 g/mol. The fourth-order valence-electron chi connectivity index (χ4n) is 2.32. The molecule has 0 amide bonds. The molecule has 0 atom stereocenters. The molecule has 1 aromatic rings. The van der Waals surface area contributed by atoms with Crippen LogP contribution in [0.5, 0.6) is 0 Å². The van der Waals surface area contributed by atoms with E-state index in [2.05, 4.69) is 4.72 Å². The highest BCUT2D eigenvalue weighted by molar-refractivity contribution is 7.89. The molecule has 1 N–H and O–H groups in total. The first kappa shape index (κ1) is 14.4. The standard InChI is InChI=1S/C13H18FNO3S/c1-18-10-13(6-3-7-13)9-15-19(16,17)12-5-2-4-11(14)8-12/h2,4-5,8,15H,3,6-7,9-10H2,1H3. The molecule has 0 saturated heterocycles. The molecule has 1 fully saturated rings. The van der Waals surface area contributed by atoms with Crippen molar-refractivity contribution in [3.8, 4) is 0 Å². The van der Waals surface area contributed by atoms with Crippen LogP contribution in [0.2, 0.25) is 0 Å². The number of methoxy groups -OCH3 is 1. The Kier molecular flexibility index (Phi) is 4.23. The van der Waals surface area contributed by atoms with Crippen LogP contribution in [0.3, 0.4) is 0 Å². The second-order valence-corrected chi connectivity index (χ2v) is 6.84. The van der Waals surface area contributed by atoms with Crippen molar-refractivity contribution in [1.82, 2.24) is 4.72 Å². The third kappa shape index (κ3) is 3.32. The highest BCUT2D eigenvalue weighted by atomic mass is 32.2. The third-order valence-corrected chi connectivity index (χ3v) is 5.01. The zero-order valence-corrected chi connectivity index (χ0v) is 11.7. The Morgan fingerprint density at radius 3 is 2.68 bits per heavy atom. The summed E-state index contributed by atoms with van der Waals surface area (Å²) in [5, 5.41) is 0. The first-order valence-corrected chi connectivity index (χ1v) is 7.70. The Morgan fingerprint density at radius 2 is 2.16 bits per heavy atom. The van der Waals surface area contributed by atoms with Gasteiger partial charge >= 0.3 is 0 Å². The van der Waals surface area contributed by atoms with Crippen molar-refractivity contribution in [1.29, 1.82) is 0 Å². The number of hydrogen-bond donors (Lipinski definition) is 1. The summed E-state index contributed by atoms with van der Waals surface area (Å²) in [4.78, 5) is -0.0422. The summed E-state index contributed by atoms with van der Waals surface area (Å²) in [6, 6.07) is 5.01. The lowest BCUT2D eigenvalue weighted by molar-refractivity contribution is 0.0220. The number of sulfonamides is 1. The molecule has 1 aliphatic carbocycles. The van der Waals surface area contributed by atoms with E-state index in [1.165, 1.54) is 18.2 Å². The normalized spacial score (nSPS) is 18.0. The minimum atomic E-state index is -3.66. The maximum absolute atomic E-state index is 13.1. The van der Waals surface area contributed by atoms with Gasteiger partial charge in [-0.2, -0.15) is 0 Å². The number of hydrogen-bond acceptors (Lipinski definition) is 3. The predicted molar refractivity (Wildman–Crippen MR) is 69.7 cm³/mol. The summed E-state index contributed by atoms with van der Waals surface area (Å²) in [6.45, 7) is 0.873. The molecule has 0 radical (unpaired) electrons. The molecule has 6 heteroatoms. The summed E-state index contributed by atoms with van der Waals surface area (Å²) >= 11 is 0. The number of ether oxygens (including phenoxy) is 1. The largest absolute Gasteiger partial charge is 0.384 e. The van der Waals surface area contributed by atoms with Gasteiger partial charge in [0.25, 0.3) is 0 Å².